The molecule has 0 radical (unpaired) electrons. The fourth-order valence-electron chi connectivity index (χ4n) is 3.85. The molecule has 0 atom stereocenters. The van der Waals surface area contributed by atoms with Gasteiger partial charge in [0.1, 0.15) is 12.4 Å². The Hall–Kier alpha value is -3.10. The van der Waals surface area contributed by atoms with Gasteiger partial charge in [0.15, 0.2) is 0 Å². The van der Waals surface area contributed by atoms with E-state index in [2.05, 4.69) is 4.90 Å². The third kappa shape index (κ3) is 5.34. The molecule has 178 valence electrons. The Labute approximate surface area is 204 Å². The van der Waals surface area contributed by atoms with Crippen molar-refractivity contribution < 1.29 is 17.6 Å². The Morgan fingerprint density at radius 3 is 2.09 bits per heavy atom. The van der Waals surface area contributed by atoms with Gasteiger partial charge in [0.05, 0.1) is 10.6 Å². The standard InChI is InChI=1S/C25H25ClFN3O3S/c1-19-2-8-23(9-3-19)30(34(32,33)24-12-4-20(26)5-13-24)18-25(31)29-16-14-28(15-17-29)22-10-6-21(27)7-11-22/h2-13H,14-18H2,1H3. The van der Waals surface area contributed by atoms with Crippen molar-refractivity contribution in [3.8, 4) is 0 Å². The van der Waals surface area contributed by atoms with Gasteiger partial charge < -0.3 is 9.80 Å². The zero-order valence-electron chi connectivity index (χ0n) is 18.7. The maximum atomic E-state index is 13.5. The maximum absolute atomic E-state index is 13.5. The summed E-state index contributed by atoms with van der Waals surface area (Å²) in [7, 11) is -3.99. The molecule has 0 saturated carbocycles. The van der Waals surface area contributed by atoms with Crippen molar-refractivity contribution in [3.63, 3.8) is 0 Å². The van der Waals surface area contributed by atoms with E-state index in [9.17, 15) is 17.6 Å². The summed E-state index contributed by atoms with van der Waals surface area (Å²) in [6.07, 6.45) is 0. The summed E-state index contributed by atoms with van der Waals surface area (Å²) >= 11 is 5.93. The maximum Gasteiger partial charge on any atom is 0.264 e. The molecule has 34 heavy (non-hydrogen) atoms. The highest BCUT2D eigenvalue weighted by atomic mass is 35.5. The Kier molecular flexibility index (Phi) is 7.09. The summed E-state index contributed by atoms with van der Waals surface area (Å²) in [4.78, 5) is 17.0. The molecule has 1 saturated heterocycles. The molecular formula is C25H25ClFN3O3S. The minimum Gasteiger partial charge on any atom is -0.368 e. The molecule has 9 heteroatoms. The molecule has 1 aliphatic rings. The largest absolute Gasteiger partial charge is 0.368 e. The molecule has 0 spiro atoms. The molecule has 6 nitrogen and oxygen atoms in total. The van der Waals surface area contributed by atoms with Gasteiger partial charge in [0.25, 0.3) is 10.0 Å². The molecular weight excluding hydrogens is 477 g/mol. The second-order valence-corrected chi connectivity index (χ2v) is 10.4. The number of amides is 1. The number of benzene rings is 3. The predicted octanol–water partition coefficient (Wildman–Crippen LogP) is 4.33. The van der Waals surface area contributed by atoms with Crippen LogP contribution in [0.25, 0.3) is 0 Å². The van der Waals surface area contributed by atoms with E-state index in [1.54, 1.807) is 29.2 Å². The van der Waals surface area contributed by atoms with Crippen LogP contribution in [0.5, 0.6) is 0 Å². The predicted molar refractivity (Wildman–Crippen MR) is 132 cm³/mol. The number of halogens is 2. The van der Waals surface area contributed by atoms with Gasteiger partial charge in [-0.2, -0.15) is 0 Å². The highest BCUT2D eigenvalue weighted by Gasteiger charge is 2.30. The van der Waals surface area contributed by atoms with E-state index in [0.29, 0.717) is 36.9 Å². The molecule has 0 bridgehead atoms. The van der Waals surface area contributed by atoms with E-state index in [1.165, 1.54) is 36.4 Å². The summed E-state index contributed by atoms with van der Waals surface area (Å²) in [5.41, 5.74) is 2.29. The topological polar surface area (TPSA) is 60.9 Å². The number of nitrogens with zero attached hydrogens (tertiary/aromatic N) is 3. The van der Waals surface area contributed by atoms with E-state index in [4.69, 9.17) is 11.6 Å². The molecule has 0 unspecified atom stereocenters. The van der Waals surface area contributed by atoms with Crippen LogP contribution >= 0.6 is 11.6 Å². The fraction of sp³-hybridized carbons (Fsp3) is 0.240. The Morgan fingerprint density at radius 1 is 0.912 bits per heavy atom. The van der Waals surface area contributed by atoms with Crippen LogP contribution in [-0.2, 0) is 14.8 Å². The van der Waals surface area contributed by atoms with Gasteiger partial charge in [-0.15, -0.1) is 0 Å². The van der Waals surface area contributed by atoms with Crippen LogP contribution in [0, 0.1) is 12.7 Å². The zero-order chi connectivity index (χ0) is 24.3. The van der Waals surface area contributed by atoms with Crippen molar-refractivity contribution in [1.82, 2.24) is 4.90 Å². The summed E-state index contributed by atoms with van der Waals surface area (Å²) in [5.74, 6) is -0.576. The van der Waals surface area contributed by atoms with E-state index in [0.717, 1.165) is 15.6 Å². The van der Waals surface area contributed by atoms with Crippen molar-refractivity contribution in [1.29, 1.82) is 0 Å². The number of hydrogen-bond donors (Lipinski definition) is 0. The molecule has 0 N–H and O–H groups in total. The lowest BCUT2D eigenvalue weighted by Crippen LogP contribution is -2.52. The molecule has 3 aromatic carbocycles. The lowest BCUT2D eigenvalue weighted by molar-refractivity contribution is -0.129. The van der Waals surface area contributed by atoms with Gasteiger partial charge in [-0.25, -0.2) is 12.8 Å². The zero-order valence-corrected chi connectivity index (χ0v) is 20.3. The second-order valence-electron chi connectivity index (χ2n) is 8.15. The minimum atomic E-state index is -3.99. The number of piperazine rings is 1. The molecule has 1 fully saturated rings. The van der Waals surface area contributed by atoms with Crippen molar-refractivity contribution in [2.75, 3.05) is 41.9 Å². The van der Waals surface area contributed by atoms with Crippen LogP contribution in [0.4, 0.5) is 15.8 Å². The number of aryl methyl sites for hydroxylation is 1. The van der Waals surface area contributed by atoms with Crippen LogP contribution in [0.2, 0.25) is 5.02 Å². The lowest BCUT2D eigenvalue weighted by atomic mass is 10.2. The van der Waals surface area contributed by atoms with Crippen LogP contribution in [-0.4, -0.2) is 51.9 Å². The number of hydrogen-bond acceptors (Lipinski definition) is 4. The summed E-state index contributed by atoms with van der Waals surface area (Å²) in [6, 6.07) is 19.2. The second kappa shape index (κ2) is 10.0. The quantitative estimate of drug-likeness (QED) is 0.504. The van der Waals surface area contributed by atoms with Crippen molar-refractivity contribution in [3.05, 3.63) is 89.2 Å². The van der Waals surface area contributed by atoms with Crippen molar-refractivity contribution in [2.24, 2.45) is 0 Å². The SMILES string of the molecule is Cc1ccc(N(CC(=O)N2CCN(c3ccc(F)cc3)CC2)S(=O)(=O)c2ccc(Cl)cc2)cc1. The molecule has 0 aromatic heterocycles. The van der Waals surface area contributed by atoms with Gasteiger partial charge >= 0.3 is 0 Å². The Bertz CT molecular complexity index is 1240. The van der Waals surface area contributed by atoms with Crippen LogP contribution < -0.4 is 9.21 Å². The summed E-state index contributed by atoms with van der Waals surface area (Å²) < 4.78 is 41.3. The summed E-state index contributed by atoms with van der Waals surface area (Å²) in [6.45, 7) is 3.63. The van der Waals surface area contributed by atoms with Crippen LogP contribution in [0.3, 0.4) is 0 Å². The first kappa shape index (κ1) is 24.0. The van der Waals surface area contributed by atoms with E-state index in [1.807, 2.05) is 19.1 Å². The number of rotatable bonds is 6. The Morgan fingerprint density at radius 2 is 1.50 bits per heavy atom. The summed E-state index contributed by atoms with van der Waals surface area (Å²) in [5, 5.41) is 0.427. The molecule has 1 heterocycles. The number of sulfonamides is 1. The normalized spacial score (nSPS) is 14.2. The van der Waals surface area contributed by atoms with E-state index < -0.39 is 10.0 Å². The average Bonchev–Trinajstić information content (AvgIpc) is 2.84. The van der Waals surface area contributed by atoms with Gasteiger partial charge in [-0.1, -0.05) is 29.3 Å². The van der Waals surface area contributed by atoms with Gasteiger partial charge in [-0.3, -0.25) is 9.10 Å². The van der Waals surface area contributed by atoms with E-state index >= 15 is 0 Å². The minimum absolute atomic E-state index is 0.0615. The van der Waals surface area contributed by atoms with E-state index in [-0.39, 0.29) is 23.2 Å². The molecule has 3 aromatic rings. The van der Waals surface area contributed by atoms with Gasteiger partial charge in [-0.05, 0) is 67.6 Å². The molecule has 1 amide bonds. The first-order valence-electron chi connectivity index (χ1n) is 10.9. The Balaban J connectivity index is 1.52. The lowest BCUT2D eigenvalue weighted by Gasteiger charge is -2.37. The smallest absolute Gasteiger partial charge is 0.264 e. The molecule has 0 aliphatic carbocycles. The number of carbonyl (C=O) groups is 1. The molecule has 1 aliphatic heterocycles. The third-order valence-corrected chi connectivity index (χ3v) is 7.87. The average molecular weight is 502 g/mol. The highest BCUT2D eigenvalue weighted by Crippen LogP contribution is 2.26. The fourth-order valence-corrected chi connectivity index (χ4v) is 5.39. The van der Waals surface area contributed by atoms with Crippen LogP contribution in [0.15, 0.2) is 77.7 Å². The number of anilines is 2. The highest BCUT2D eigenvalue weighted by molar-refractivity contribution is 7.92. The van der Waals surface area contributed by atoms with Gasteiger partial charge in [0, 0.05) is 36.9 Å². The van der Waals surface area contributed by atoms with Gasteiger partial charge in [0.2, 0.25) is 5.91 Å². The molecule has 4 rings (SSSR count). The van der Waals surface area contributed by atoms with Crippen molar-refractivity contribution >= 4 is 38.9 Å². The first-order valence-corrected chi connectivity index (χ1v) is 12.7. The third-order valence-electron chi connectivity index (χ3n) is 5.83. The number of carbonyl (C=O) groups excluding carboxylic acids is 1. The first-order chi connectivity index (χ1) is 16.2. The van der Waals surface area contributed by atoms with Crippen LogP contribution in [0.1, 0.15) is 5.56 Å². The monoisotopic (exact) mass is 501 g/mol. The van der Waals surface area contributed by atoms with Crippen molar-refractivity contribution in [2.45, 2.75) is 11.8 Å².